The van der Waals surface area contributed by atoms with Gasteiger partial charge in [-0.1, -0.05) is 30.3 Å². The maximum absolute atomic E-state index is 13.0. The van der Waals surface area contributed by atoms with Crippen LogP contribution in [0.1, 0.15) is 17.0 Å². The van der Waals surface area contributed by atoms with Crippen LogP contribution in [-0.2, 0) is 25.9 Å². The van der Waals surface area contributed by atoms with E-state index in [4.69, 9.17) is 0 Å². The molecule has 122 valence electrons. The number of aromatic nitrogens is 4. The number of halogens is 1. The molecule has 0 amide bonds. The summed E-state index contributed by atoms with van der Waals surface area (Å²) in [6, 6.07) is 10.5. The standard InChI is InChI=1S/C18H18FN5/c19-15-10-20-18(21-11-15)23-9-7-17-16(12-23)22-13-24(17)8-6-14-4-2-1-3-5-14/h1-5,10-11,13H,6-9,12H2. The van der Waals surface area contributed by atoms with Gasteiger partial charge in [-0.15, -0.1) is 0 Å². The van der Waals surface area contributed by atoms with E-state index >= 15 is 0 Å². The Morgan fingerprint density at radius 2 is 1.83 bits per heavy atom. The molecule has 0 atom stereocenters. The van der Waals surface area contributed by atoms with E-state index in [0.717, 1.165) is 31.6 Å². The fourth-order valence-corrected chi connectivity index (χ4v) is 3.10. The molecule has 0 unspecified atom stereocenters. The average Bonchev–Trinajstić information content (AvgIpc) is 3.04. The van der Waals surface area contributed by atoms with Crippen molar-refractivity contribution < 1.29 is 4.39 Å². The second-order valence-corrected chi connectivity index (χ2v) is 5.94. The minimum absolute atomic E-state index is 0.415. The van der Waals surface area contributed by atoms with Crippen molar-refractivity contribution in [3.05, 3.63) is 71.8 Å². The number of fused-ring (bicyclic) bond motifs is 1. The van der Waals surface area contributed by atoms with Gasteiger partial charge in [-0.25, -0.2) is 19.3 Å². The monoisotopic (exact) mass is 323 g/mol. The largest absolute Gasteiger partial charge is 0.334 e. The van der Waals surface area contributed by atoms with Gasteiger partial charge in [-0.05, 0) is 12.0 Å². The summed E-state index contributed by atoms with van der Waals surface area (Å²) < 4.78 is 15.2. The first kappa shape index (κ1) is 14.8. The molecular formula is C18H18FN5. The molecule has 0 saturated carbocycles. The fourth-order valence-electron chi connectivity index (χ4n) is 3.10. The first-order valence-electron chi connectivity index (χ1n) is 8.09. The number of anilines is 1. The summed E-state index contributed by atoms with van der Waals surface area (Å²) in [6.45, 7) is 2.41. The lowest BCUT2D eigenvalue weighted by Gasteiger charge is -2.27. The first-order valence-corrected chi connectivity index (χ1v) is 8.09. The van der Waals surface area contributed by atoms with Gasteiger partial charge in [0.25, 0.3) is 0 Å². The molecule has 6 heteroatoms. The third kappa shape index (κ3) is 2.99. The van der Waals surface area contributed by atoms with E-state index in [9.17, 15) is 4.39 Å². The van der Waals surface area contributed by atoms with Crippen LogP contribution in [0.4, 0.5) is 10.3 Å². The van der Waals surface area contributed by atoms with E-state index in [1.807, 2.05) is 17.3 Å². The smallest absolute Gasteiger partial charge is 0.225 e. The van der Waals surface area contributed by atoms with Gasteiger partial charge in [0.1, 0.15) is 0 Å². The van der Waals surface area contributed by atoms with E-state index in [1.54, 1.807) is 0 Å². The molecule has 0 N–H and O–H groups in total. The Hall–Kier alpha value is -2.76. The topological polar surface area (TPSA) is 46.8 Å². The summed E-state index contributed by atoms with van der Waals surface area (Å²) in [5.74, 6) is 0.141. The molecule has 3 heterocycles. The average molecular weight is 323 g/mol. The Kier molecular flexibility index (Phi) is 3.94. The lowest BCUT2D eigenvalue weighted by molar-refractivity contribution is 0.600. The van der Waals surface area contributed by atoms with E-state index in [2.05, 4.69) is 43.8 Å². The maximum Gasteiger partial charge on any atom is 0.225 e. The number of benzene rings is 1. The van der Waals surface area contributed by atoms with Crippen molar-refractivity contribution in [1.29, 1.82) is 0 Å². The number of imidazole rings is 1. The van der Waals surface area contributed by atoms with Crippen LogP contribution in [0.15, 0.2) is 49.1 Å². The minimum Gasteiger partial charge on any atom is -0.334 e. The summed E-state index contributed by atoms with van der Waals surface area (Å²) in [4.78, 5) is 14.7. The lowest BCUT2D eigenvalue weighted by atomic mass is 10.1. The van der Waals surface area contributed by atoms with Gasteiger partial charge in [0.15, 0.2) is 5.82 Å². The van der Waals surface area contributed by atoms with Crippen LogP contribution < -0.4 is 4.90 Å². The number of rotatable bonds is 4. The van der Waals surface area contributed by atoms with Gasteiger partial charge in [0, 0.05) is 25.2 Å². The molecule has 1 aliphatic rings. The Labute approximate surface area is 139 Å². The van der Waals surface area contributed by atoms with E-state index < -0.39 is 5.82 Å². The molecule has 0 bridgehead atoms. The third-order valence-electron chi connectivity index (χ3n) is 4.37. The molecule has 3 aromatic rings. The highest BCUT2D eigenvalue weighted by Gasteiger charge is 2.22. The van der Waals surface area contributed by atoms with Crippen molar-refractivity contribution in [2.45, 2.75) is 25.9 Å². The molecular weight excluding hydrogens is 305 g/mol. The normalized spacial score (nSPS) is 13.8. The molecule has 4 rings (SSSR count). The molecule has 2 aromatic heterocycles. The van der Waals surface area contributed by atoms with Gasteiger partial charge < -0.3 is 9.47 Å². The van der Waals surface area contributed by atoms with Crippen LogP contribution in [0, 0.1) is 5.82 Å². The van der Waals surface area contributed by atoms with Crippen molar-refractivity contribution in [2.75, 3.05) is 11.4 Å². The quantitative estimate of drug-likeness (QED) is 0.740. The molecule has 0 aliphatic carbocycles. The van der Waals surface area contributed by atoms with Crippen LogP contribution in [-0.4, -0.2) is 26.1 Å². The zero-order valence-electron chi connectivity index (χ0n) is 13.3. The highest BCUT2D eigenvalue weighted by Crippen LogP contribution is 2.21. The summed E-state index contributed by atoms with van der Waals surface area (Å²) in [5, 5.41) is 0. The summed E-state index contributed by atoms with van der Waals surface area (Å²) >= 11 is 0. The van der Waals surface area contributed by atoms with Crippen LogP contribution >= 0.6 is 0 Å². The van der Waals surface area contributed by atoms with Gasteiger partial charge in [-0.2, -0.15) is 0 Å². The second kappa shape index (κ2) is 6.39. The Balaban J connectivity index is 1.46. The highest BCUT2D eigenvalue weighted by molar-refractivity contribution is 5.34. The summed E-state index contributed by atoms with van der Waals surface area (Å²) in [6.07, 6.45) is 6.22. The number of hydrogen-bond donors (Lipinski definition) is 0. The summed E-state index contributed by atoms with van der Waals surface area (Å²) in [5.41, 5.74) is 3.67. The maximum atomic E-state index is 13.0. The van der Waals surface area contributed by atoms with Gasteiger partial charge in [0.05, 0.1) is 31.0 Å². The molecule has 0 saturated heterocycles. The van der Waals surface area contributed by atoms with Gasteiger partial charge in [0.2, 0.25) is 5.95 Å². The van der Waals surface area contributed by atoms with E-state index in [1.165, 1.54) is 23.7 Å². The highest BCUT2D eigenvalue weighted by atomic mass is 19.1. The van der Waals surface area contributed by atoms with Crippen molar-refractivity contribution in [3.63, 3.8) is 0 Å². The fraction of sp³-hybridized carbons (Fsp3) is 0.278. The number of aryl methyl sites for hydroxylation is 2. The first-order chi connectivity index (χ1) is 11.8. The predicted octanol–water partition coefficient (Wildman–Crippen LogP) is 2.62. The van der Waals surface area contributed by atoms with Crippen LogP contribution in [0.25, 0.3) is 0 Å². The number of hydrogen-bond acceptors (Lipinski definition) is 4. The van der Waals surface area contributed by atoms with E-state index in [0.29, 0.717) is 12.5 Å². The van der Waals surface area contributed by atoms with Crippen LogP contribution in [0.2, 0.25) is 0 Å². The molecule has 0 spiro atoms. The third-order valence-corrected chi connectivity index (χ3v) is 4.37. The molecule has 24 heavy (non-hydrogen) atoms. The molecule has 1 aliphatic heterocycles. The van der Waals surface area contributed by atoms with Crippen molar-refractivity contribution in [2.24, 2.45) is 0 Å². The van der Waals surface area contributed by atoms with Crippen molar-refractivity contribution >= 4 is 5.95 Å². The van der Waals surface area contributed by atoms with Crippen molar-refractivity contribution in [3.8, 4) is 0 Å². The molecule has 0 radical (unpaired) electrons. The second-order valence-electron chi connectivity index (χ2n) is 5.94. The van der Waals surface area contributed by atoms with Gasteiger partial charge in [-0.3, -0.25) is 0 Å². The SMILES string of the molecule is Fc1cnc(N2CCc3c(ncn3CCc3ccccc3)C2)nc1. The Bertz CT molecular complexity index is 813. The van der Waals surface area contributed by atoms with Gasteiger partial charge >= 0.3 is 0 Å². The molecule has 5 nitrogen and oxygen atoms in total. The predicted molar refractivity (Wildman–Crippen MR) is 89.1 cm³/mol. The number of nitrogens with zero attached hydrogens (tertiary/aromatic N) is 5. The van der Waals surface area contributed by atoms with Crippen LogP contribution in [0.3, 0.4) is 0 Å². The van der Waals surface area contributed by atoms with E-state index in [-0.39, 0.29) is 0 Å². The van der Waals surface area contributed by atoms with Crippen molar-refractivity contribution in [1.82, 2.24) is 19.5 Å². The minimum atomic E-state index is -0.415. The zero-order chi connectivity index (χ0) is 16.4. The Morgan fingerprint density at radius 3 is 2.62 bits per heavy atom. The zero-order valence-corrected chi connectivity index (χ0v) is 13.3. The Morgan fingerprint density at radius 1 is 1.04 bits per heavy atom. The lowest BCUT2D eigenvalue weighted by Crippen LogP contribution is -2.32. The van der Waals surface area contributed by atoms with Crippen LogP contribution in [0.5, 0.6) is 0 Å². The summed E-state index contributed by atoms with van der Waals surface area (Å²) in [7, 11) is 0. The molecule has 1 aromatic carbocycles. The molecule has 0 fully saturated rings.